The van der Waals surface area contributed by atoms with Crippen LogP contribution in [0.3, 0.4) is 0 Å². The van der Waals surface area contributed by atoms with Crippen molar-refractivity contribution in [3.63, 3.8) is 0 Å². The first kappa shape index (κ1) is 25.9. The lowest BCUT2D eigenvalue weighted by Crippen LogP contribution is -2.42. The van der Waals surface area contributed by atoms with Crippen molar-refractivity contribution in [3.8, 4) is 17.1 Å². The summed E-state index contributed by atoms with van der Waals surface area (Å²) in [5.74, 6) is 0.759. The zero-order chi connectivity index (χ0) is 29.0. The maximum Gasteiger partial charge on any atom is 0.175 e. The molecule has 0 fully saturated rings. The second kappa shape index (κ2) is 9.92. The standard InChI is InChI=1S/C37H26N2O2P2/c40-42(28-17-7-2-8-18-28,29-19-9-3-10-20-29)34-26-25-31-35-36(34)43(41,30-21-11-4-12-22-30)33-24-14-13-23-32(33)39(35)37(38-31)27-15-5-1-6-16-27/h1-26H. The molecule has 7 aromatic rings. The van der Waals surface area contributed by atoms with Gasteiger partial charge in [-0.25, -0.2) is 4.98 Å². The Hall–Kier alpha value is -4.75. The third-order valence-corrected chi connectivity index (χ3v) is 14.7. The molecule has 1 aromatic heterocycles. The van der Waals surface area contributed by atoms with E-state index >= 15 is 9.13 Å². The van der Waals surface area contributed by atoms with Gasteiger partial charge in [-0.1, -0.05) is 133 Å². The summed E-state index contributed by atoms with van der Waals surface area (Å²) in [6, 6.07) is 50.6. The topological polar surface area (TPSA) is 52.0 Å². The third kappa shape index (κ3) is 3.74. The Morgan fingerprint density at radius 1 is 0.581 bits per heavy atom. The van der Waals surface area contributed by atoms with Crippen LogP contribution in [0.15, 0.2) is 158 Å². The summed E-state index contributed by atoms with van der Waals surface area (Å²) in [7, 11) is -7.06. The molecule has 0 saturated heterocycles. The van der Waals surface area contributed by atoms with Gasteiger partial charge < -0.3 is 9.13 Å². The summed E-state index contributed by atoms with van der Waals surface area (Å²) >= 11 is 0. The minimum Gasteiger partial charge on any atom is -0.309 e. The summed E-state index contributed by atoms with van der Waals surface area (Å²) in [5.41, 5.74) is 3.24. The van der Waals surface area contributed by atoms with E-state index in [1.54, 1.807) is 0 Å². The van der Waals surface area contributed by atoms with Gasteiger partial charge in [-0.2, -0.15) is 0 Å². The van der Waals surface area contributed by atoms with Crippen molar-refractivity contribution in [3.05, 3.63) is 158 Å². The Balaban J connectivity index is 1.60. The van der Waals surface area contributed by atoms with Crippen LogP contribution in [0.1, 0.15) is 0 Å². The quantitative estimate of drug-likeness (QED) is 0.221. The summed E-state index contributed by atoms with van der Waals surface area (Å²) in [4.78, 5) is 5.13. The number of para-hydroxylation sites is 1. The average molecular weight is 593 g/mol. The molecule has 2 heterocycles. The van der Waals surface area contributed by atoms with Crippen molar-refractivity contribution < 1.29 is 9.13 Å². The highest BCUT2D eigenvalue weighted by atomic mass is 31.2. The number of imidazole rings is 1. The molecule has 206 valence electrons. The van der Waals surface area contributed by atoms with Gasteiger partial charge in [0.15, 0.2) is 14.3 Å². The van der Waals surface area contributed by atoms with Crippen molar-refractivity contribution in [2.45, 2.75) is 0 Å². The van der Waals surface area contributed by atoms with Crippen molar-refractivity contribution in [1.29, 1.82) is 0 Å². The van der Waals surface area contributed by atoms with Crippen LogP contribution >= 0.6 is 14.3 Å². The van der Waals surface area contributed by atoms with Gasteiger partial charge in [-0.15, -0.1) is 0 Å². The zero-order valence-electron chi connectivity index (χ0n) is 23.1. The van der Waals surface area contributed by atoms with Gasteiger partial charge in [0.2, 0.25) is 0 Å². The number of hydrogen-bond acceptors (Lipinski definition) is 3. The van der Waals surface area contributed by atoms with Crippen LogP contribution < -0.4 is 31.8 Å². The van der Waals surface area contributed by atoms with E-state index in [0.29, 0.717) is 31.8 Å². The van der Waals surface area contributed by atoms with E-state index in [1.807, 2.05) is 158 Å². The van der Waals surface area contributed by atoms with Crippen LogP contribution in [0.2, 0.25) is 0 Å². The molecule has 6 heteroatoms. The first-order valence-corrected chi connectivity index (χ1v) is 17.6. The van der Waals surface area contributed by atoms with E-state index < -0.39 is 14.3 Å². The largest absolute Gasteiger partial charge is 0.309 e. The number of rotatable bonds is 5. The molecule has 1 aliphatic rings. The van der Waals surface area contributed by atoms with Crippen LogP contribution in [0.25, 0.3) is 28.1 Å². The predicted octanol–water partition coefficient (Wildman–Crippen LogP) is 6.28. The van der Waals surface area contributed by atoms with Gasteiger partial charge in [-0.3, -0.25) is 4.57 Å². The maximum atomic E-state index is 16.2. The van der Waals surface area contributed by atoms with Crippen molar-refractivity contribution in [2.75, 3.05) is 0 Å². The molecule has 1 aliphatic heterocycles. The monoisotopic (exact) mass is 592 g/mol. The second-order valence-electron chi connectivity index (χ2n) is 10.7. The van der Waals surface area contributed by atoms with E-state index in [2.05, 4.69) is 4.57 Å². The molecule has 6 aromatic carbocycles. The molecule has 0 radical (unpaired) electrons. The summed E-state index contributed by atoms with van der Waals surface area (Å²) in [6.45, 7) is 0. The fourth-order valence-electron chi connectivity index (χ4n) is 6.37. The number of aromatic nitrogens is 2. The normalized spacial score (nSPS) is 15.7. The Bertz CT molecular complexity index is 2190. The van der Waals surface area contributed by atoms with E-state index in [1.165, 1.54) is 0 Å². The SMILES string of the molecule is O=P(c1ccccc1)(c1ccccc1)c1ccc2nc(-c3ccccc3)n3c2c1P(=O)(c1ccccc1)c1ccccc1-3. The minimum absolute atomic E-state index is 0.583. The van der Waals surface area contributed by atoms with Crippen molar-refractivity contribution in [2.24, 2.45) is 0 Å². The van der Waals surface area contributed by atoms with Crippen LogP contribution in [0.5, 0.6) is 0 Å². The average Bonchev–Trinajstić information content (AvgIpc) is 3.48. The molecule has 0 N–H and O–H groups in total. The summed E-state index contributed by atoms with van der Waals surface area (Å²) in [5, 5.41) is 4.00. The van der Waals surface area contributed by atoms with Crippen LogP contribution in [-0.4, -0.2) is 9.55 Å². The molecular weight excluding hydrogens is 566 g/mol. The lowest BCUT2D eigenvalue weighted by molar-refractivity contribution is 0.590. The smallest absolute Gasteiger partial charge is 0.175 e. The number of fused-ring (bicyclic) bond motifs is 2. The lowest BCUT2D eigenvalue weighted by Gasteiger charge is -2.33. The highest BCUT2D eigenvalue weighted by molar-refractivity contribution is 7.91. The molecule has 4 nitrogen and oxygen atoms in total. The fourth-order valence-corrected chi connectivity index (χ4v) is 13.0. The van der Waals surface area contributed by atoms with E-state index in [9.17, 15) is 0 Å². The Labute approximate surface area is 250 Å². The maximum absolute atomic E-state index is 16.2. The number of nitrogens with zero attached hydrogens (tertiary/aromatic N) is 2. The van der Waals surface area contributed by atoms with Gasteiger partial charge in [0, 0.05) is 32.1 Å². The fraction of sp³-hybridized carbons (Fsp3) is 0. The second-order valence-corrected chi connectivity index (χ2v) is 16.0. The van der Waals surface area contributed by atoms with Crippen LogP contribution in [-0.2, 0) is 9.13 Å². The number of benzene rings is 6. The molecule has 0 bridgehead atoms. The summed E-state index contributed by atoms with van der Waals surface area (Å²) < 4.78 is 34.2. The van der Waals surface area contributed by atoms with Crippen molar-refractivity contribution in [1.82, 2.24) is 9.55 Å². The highest BCUT2D eigenvalue weighted by Crippen LogP contribution is 2.53. The molecule has 1 atom stereocenters. The molecular formula is C37H26N2O2P2. The van der Waals surface area contributed by atoms with E-state index in [4.69, 9.17) is 4.98 Å². The van der Waals surface area contributed by atoms with Gasteiger partial charge in [-0.05, 0) is 24.3 Å². The summed E-state index contributed by atoms with van der Waals surface area (Å²) in [6.07, 6.45) is 0. The molecule has 1 unspecified atom stereocenters. The highest BCUT2D eigenvalue weighted by Gasteiger charge is 2.45. The first-order valence-electron chi connectivity index (χ1n) is 14.2. The number of hydrogen-bond donors (Lipinski definition) is 0. The van der Waals surface area contributed by atoms with E-state index in [-0.39, 0.29) is 0 Å². The lowest BCUT2D eigenvalue weighted by atomic mass is 10.2. The Morgan fingerprint density at radius 2 is 1.12 bits per heavy atom. The van der Waals surface area contributed by atoms with Crippen LogP contribution in [0, 0.1) is 0 Å². The van der Waals surface area contributed by atoms with Gasteiger partial charge in [0.1, 0.15) is 5.82 Å². The van der Waals surface area contributed by atoms with Crippen LogP contribution in [0.4, 0.5) is 0 Å². The Morgan fingerprint density at radius 3 is 1.74 bits per heavy atom. The first-order chi connectivity index (χ1) is 21.1. The minimum atomic E-state index is -3.55. The molecule has 0 spiro atoms. The molecule has 8 rings (SSSR count). The zero-order valence-corrected chi connectivity index (χ0v) is 24.9. The molecule has 0 saturated carbocycles. The van der Waals surface area contributed by atoms with Gasteiger partial charge >= 0.3 is 0 Å². The Kier molecular flexibility index (Phi) is 5.98. The predicted molar refractivity (Wildman–Crippen MR) is 179 cm³/mol. The van der Waals surface area contributed by atoms with Crippen molar-refractivity contribution >= 4 is 57.1 Å². The van der Waals surface area contributed by atoms with Gasteiger partial charge in [0.05, 0.1) is 22.0 Å². The van der Waals surface area contributed by atoms with Gasteiger partial charge in [0.25, 0.3) is 0 Å². The molecule has 43 heavy (non-hydrogen) atoms. The molecule has 0 amide bonds. The third-order valence-electron chi connectivity index (χ3n) is 8.28. The molecule has 0 aliphatic carbocycles. The van der Waals surface area contributed by atoms with E-state index in [0.717, 1.165) is 28.1 Å².